The van der Waals surface area contributed by atoms with E-state index < -0.39 is 23.8 Å². The normalized spacial score (nSPS) is 11.3. The summed E-state index contributed by atoms with van der Waals surface area (Å²) in [6.07, 6.45) is -1.45. The van der Waals surface area contributed by atoms with Crippen molar-refractivity contribution in [3.63, 3.8) is 0 Å². The molecule has 130 valence electrons. The van der Waals surface area contributed by atoms with Crippen molar-refractivity contribution in [3.8, 4) is 11.5 Å². The number of hydrogen-bond donors (Lipinski definition) is 1. The Balaban J connectivity index is 2.49. The van der Waals surface area contributed by atoms with Crippen molar-refractivity contribution in [2.24, 2.45) is 0 Å². The molecule has 0 heterocycles. The molecular weight excluding hydrogens is 328 g/mol. The quantitative estimate of drug-likeness (QED) is 0.487. The molecule has 1 N–H and O–H groups in total. The van der Waals surface area contributed by atoms with E-state index in [1.165, 1.54) is 26.4 Å². The molecule has 0 aliphatic carbocycles. The van der Waals surface area contributed by atoms with Crippen molar-refractivity contribution in [1.82, 2.24) is 0 Å². The Morgan fingerprint density at radius 2 is 1.48 bits per heavy atom. The number of rotatable bonds is 6. The first-order chi connectivity index (χ1) is 12.0. The van der Waals surface area contributed by atoms with E-state index >= 15 is 0 Å². The highest BCUT2D eigenvalue weighted by Crippen LogP contribution is 2.30. The standard InChI is InChI=1S/C18H16O7/c1-23-13-8-12(9-14(10-13)24-2)16(25-18(22)17(20)21)15(19)11-6-4-3-5-7-11/h3-10,16H,1-2H3,(H,20,21). The maximum atomic E-state index is 12.8. The summed E-state index contributed by atoms with van der Waals surface area (Å²) in [6, 6.07) is 12.6. The van der Waals surface area contributed by atoms with E-state index in [9.17, 15) is 14.4 Å². The lowest BCUT2D eigenvalue weighted by Gasteiger charge is -2.18. The molecular formula is C18H16O7. The van der Waals surface area contributed by atoms with E-state index in [4.69, 9.17) is 19.3 Å². The highest BCUT2D eigenvalue weighted by atomic mass is 16.6. The maximum Gasteiger partial charge on any atom is 0.418 e. The Bertz CT molecular complexity index is 761. The van der Waals surface area contributed by atoms with E-state index in [0.717, 1.165) is 0 Å². The lowest BCUT2D eigenvalue weighted by atomic mass is 9.99. The van der Waals surface area contributed by atoms with Crippen molar-refractivity contribution in [3.05, 3.63) is 59.7 Å². The summed E-state index contributed by atoms with van der Waals surface area (Å²) >= 11 is 0. The van der Waals surface area contributed by atoms with Gasteiger partial charge in [-0.2, -0.15) is 0 Å². The Labute approximate surface area is 143 Å². The van der Waals surface area contributed by atoms with Crippen molar-refractivity contribution in [1.29, 1.82) is 0 Å². The molecule has 0 aliphatic rings. The molecule has 0 saturated carbocycles. The van der Waals surface area contributed by atoms with Gasteiger partial charge in [-0.05, 0) is 12.1 Å². The number of ether oxygens (including phenoxy) is 3. The van der Waals surface area contributed by atoms with Gasteiger partial charge in [0, 0.05) is 17.2 Å². The van der Waals surface area contributed by atoms with Gasteiger partial charge in [-0.25, -0.2) is 9.59 Å². The van der Waals surface area contributed by atoms with Crippen LogP contribution in [-0.4, -0.2) is 37.0 Å². The van der Waals surface area contributed by atoms with Crippen LogP contribution in [0.5, 0.6) is 11.5 Å². The molecule has 0 bridgehead atoms. The maximum absolute atomic E-state index is 12.8. The minimum absolute atomic E-state index is 0.236. The number of carbonyl (C=O) groups is 3. The minimum Gasteiger partial charge on any atom is -0.497 e. The highest BCUT2D eigenvalue weighted by molar-refractivity contribution is 6.29. The van der Waals surface area contributed by atoms with Crippen LogP contribution in [0.15, 0.2) is 48.5 Å². The fraction of sp³-hybridized carbons (Fsp3) is 0.167. The van der Waals surface area contributed by atoms with Crippen LogP contribution in [0, 0.1) is 0 Å². The van der Waals surface area contributed by atoms with Crippen LogP contribution in [0.3, 0.4) is 0 Å². The number of Topliss-reactive ketones (excluding diaryl/α,β-unsaturated/α-hetero) is 1. The number of benzene rings is 2. The molecule has 0 spiro atoms. The van der Waals surface area contributed by atoms with Crippen LogP contribution < -0.4 is 9.47 Å². The zero-order chi connectivity index (χ0) is 18.4. The molecule has 1 atom stereocenters. The molecule has 0 aromatic heterocycles. The molecule has 2 rings (SSSR count). The zero-order valence-electron chi connectivity index (χ0n) is 13.6. The van der Waals surface area contributed by atoms with Crippen LogP contribution >= 0.6 is 0 Å². The van der Waals surface area contributed by atoms with Gasteiger partial charge in [0.15, 0.2) is 6.10 Å². The molecule has 7 heteroatoms. The predicted molar refractivity (Wildman–Crippen MR) is 86.8 cm³/mol. The molecule has 2 aromatic rings. The predicted octanol–water partition coefficient (Wildman–Crippen LogP) is 2.26. The number of carboxylic acid groups (broad SMARTS) is 1. The summed E-state index contributed by atoms with van der Waals surface area (Å²) in [7, 11) is 2.85. The number of carboxylic acids is 1. The first kappa shape index (κ1) is 18.0. The summed E-state index contributed by atoms with van der Waals surface area (Å²) in [5.74, 6) is -3.15. The third-order valence-electron chi connectivity index (χ3n) is 3.37. The van der Waals surface area contributed by atoms with Crippen LogP contribution in [0.25, 0.3) is 0 Å². The van der Waals surface area contributed by atoms with Crippen molar-refractivity contribution < 1.29 is 33.7 Å². The molecule has 1 unspecified atom stereocenters. The summed E-state index contributed by atoms with van der Waals surface area (Å²) < 4.78 is 15.2. The molecule has 0 saturated heterocycles. The second-order valence-corrected chi connectivity index (χ2v) is 4.97. The molecule has 2 aromatic carbocycles. The third kappa shape index (κ3) is 4.35. The van der Waals surface area contributed by atoms with Gasteiger partial charge in [0.2, 0.25) is 5.78 Å². The van der Waals surface area contributed by atoms with E-state index in [-0.39, 0.29) is 11.1 Å². The monoisotopic (exact) mass is 344 g/mol. The van der Waals surface area contributed by atoms with Gasteiger partial charge in [-0.15, -0.1) is 0 Å². The largest absolute Gasteiger partial charge is 0.497 e. The lowest BCUT2D eigenvalue weighted by molar-refractivity contribution is -0.166. The van der Waals surface area contributed by atoms with Crippen LogP contribution in [0.1, 0.15) is 22.0 Å². The van der Waals surface area contributed by atoms with E-state index in [2.05, 4.69) is 0 Å². The third-order valence-corrected chi connectivity index (χ3v) is 3.37. The second kappa shape index (κ2) is 7.96. The Kier molecular flexibility index (Phi) is 5.73. The number of hydrogen-bond acceptors (Lipinski definition) is 6. The van der Waals surface area contributed by atoms with Crippen LogP contribution in [0.2, 0.25) is 0 Å². The van der Waals surface area contributed by atoms with Crippen molar-refractivity contribution in [2.45, 2.75) is 6.10 Å². The van der Waals surface area contributed by atoms with Crippen LogP contribution in [0.4, 0.5) is 0 Å². The number of methoxy groups -OCH3 is 2. The van der Waals surface area contributed by atoms with Gasteiger partial charge < -0.3 is 19.3 Å². The topological polar surface area (TPSA) is 99.1 Å². The molecule has 0 aliphatic heterocycles. The average molecular weight is 344 g/mol. The lowest BCUT2D eigenvalue weighted by Crippen LogP contribution is -2.24. The fourth-order valence-corrected chi connectivity index (χ4v) is 2.16. The Hall–Kier alpha value is -3.35. The van der Waals surface area contributed by atoms with Gasteiger partial charge in [0.05, 0.1) is 14.2 Å². The Morgan fingerprint density at radius 1 is 0.920 bits per heavy atom. The first-order valence-corrected chi connectivity index (χ1v) is 7.22. The SMILES string of the molecule is COc1cc(OC)cc(C(OC(=O)C(=O)O)C(=O)c2ccccc2)c1. The minimum atomic E-state index is -1.79. The first-order valence-electron chi connectivity index (χ1n) is 7.22. The fourth-order valence-electron chi connectivity index (χ4n) is 2.16. The van der Waals surface area contributed by atoms with Crippen molar-refractivity contribution >= 4 is 17.7 Å². The van der Waals surface area contributed by atoms with Crippen molar-refractivity contribution in [2.75, 3.05) is 14.2 Å². The summed E-state index contributed by atoms with van der Waals surface area (Å²) in [5, 5.41) is 8.80. The Morgan fingerprint density at radius 3 is 1.96 bits per heavy atom. The zero-order valence-corrected chi connectivity index (χ0v) is 13.6. The second-order valence-electron chi connectivity index (χ2n) is 4.97. The molecule has 0 radical (unpaired) electrons. The molecule has 0 fully saturated rings. The summed E-state index contributed by atoms with van der Waals surface area (Å²) in [4.78, 5) is 35.1. The summed E-state index contributed by atoms with van der Waals surface area (Å²) in [6.45, 7) is 0. The van der Waals surface area contributed by atoms with Crippen LogP contribution in [-0.2, 0) is 14.3 Å². The smallest absolute Gasteiger partial charge is 0.418 e. The van der Waals surface area contributed by atoms with Gasteiger partial charge in [0.1, 0.15) is 11.5 Å². The average Bonchev–Trinajstić information content (AvgIpc) is 2.65. The number of ketones is 1. The highest BCUT2D eigenvalue weighted by Gasteiger charge is 2.29. The molecule has 25 heavy (non-hydrogen) atoms. The number of esters is 1. The number of aliphatic carboxylic acids is 1. The van der Waals surface area contributed by atoms with Gasteiger partial charge in [-0.1, -0.05) is 30.3 Å². The van der Waals surface area contributed by atoms with Gasteiger partial charge in [-0.3, -0.25) is 4.79 Å². The van der Waals surface area contributed by atoms with E-state index in [0.29, 0.717) is 11.5 Å². The number of carbonyl (C=O) groups excluding carboxylic acids is 2. The summed E-state index contributed by atoms with van der Waals surface area (Å²) in [5.41, 5.74) is 0.507. The molecule has 0 amide bonds. The molecule has 7 nitrogen and oxygen atoms in total. The van der Waals surface area contributed by atoms with E-state index in [1.54, 1.807) is 36.4 Å². The van der Waals surface area contributed by atoms with Gasteiger partial charge >= 0.3 is 11.9 Å². The van der Waals surface area contributed by atoms with Gasteiger partial charge in [0.25, 0.3) is 0 Å². The van der Waals surface area contributed by atoms with E-state index in [1.807, 2.05) is 0 Å².